The molecule has 0 bridgehead atoms. The van der Waals surface area contributed by atoms with Gasteiger partial charge in [-0.3, -0.25) is 4.98 Å². The van der Waals surface area contributed by atoms with Gasteiger partial charge in [0.15, 0.2) is 0 Å². The number of hydrogen-bond donors (Lipinski definition) is 1. The van der Waals surface area contributed by atoms with E-state index in [1.807, 2.05) is 13.8 Å². The van der Waals surface area contributed by atoms with E-state index in [4.69, 9.17) is 5.11 Å². The van der Waals surface area contributed by atoms with Crippen LogP contribution in [-0.4, -0.2) is 27.4 Å². The Balaban J connectivity index is 2.53. The van der Waals surface area contributed by atoms with Gasteiger partial charge in [-0.2, -0.15) is 0 Å². The molecule has 0 atom stereocenters. The van der Waals surface area contributed by atoms with Crippen molar-refractivity contribution in [2.75, 3.05) is 12.4 Å². The van der Waals surface area contributed by atoms with Gasteiger partial charge in [0.05, 0.1) is 17.6 Å². The first-order chi connectivity index (χ1) is 6.24. The van der Waals surface area contributed by atoms with Crippen molar-refractivity contribution in [1.29, 1.82) is 0 Å². The van der Waals surface area contributed by atoms with E-state index in [0.717, 1.165) is 28.6 Å². The summed E-state index contributed by atoms with van der Waals surface area (Å²) in [5.41, 5.74) is 1.96. The highest BCUT2D eigenvalue weighted by Gasteiger charge is 1.99. The number of hydrogen-bond acceptors (Lipinski definition) is 4. The molecule has 0 radical (unpaired) electrons. The lowest BCUT2D eigenvalue weighted by atomic mass is 10.4. The van der Waals surface area contributed by atoms with E-state index in [1.54, 1.807) is 18.0 Å². The lowest BCUT2D eigenvalue weighted by Gasteiger charge is -2.02. The maximum Gasteiger partial charge on any atom is 0.115 e. The summed E-state index contributed by atoms with van der Waals surface area (Å²) in [5.74, 6) is 0.897. The normalized spacial score (nSPS) is 10.4. The zero-order valence-electron chi connectivity index (χ0n) is 7.95. The lowest BCUT2D eigenvalue weighted by Crippen LogP contribution is -1.94. The second-order valence-electron chi connectivity index (χ2n) is 2.80. The molecule has 0 fully saturated rings. The maximum absolute atomic E-state index is 8.59. The van der Waals surface area contributed by atoms with Crippen LogP contribution >= 0.6 is 11.8 Å². The molecule has 1 N–H and O–H groups in total. The largest absolute Gasteiger partial charge is 0.396 e. The number of aliphatic hydroxyl groups excluding tert-OH is 1. The van der Waals surface area contributed by atoms with Gasteiger partial charge in [0.2, 0.25) is 0 Å². The van der Waals surface area contributed by atoms with Gasteiger partial charge in [-0.25, -0.2) is 4.98 Å². The van der Waals surface area contributed by atoms with Crippen LogP contribution in [0.2, 0.25) is 0 Å². The Kier molecular flexibility index (Phi) is 4.18. The molecule has 1 rings (SSSR count). The third-order valence-corrected chi connectivity index (χ3v) is 2.71. The molecule has 0 aliphatic carbocycles. The summed E-state index contributed by atoms with van der Waals surface area (Å²) in [7, 11) is 0. The summed E-state index contributed by atoms with van der Waals surface area (Å²) in [4.78, 5) is 8.57. The topological polar surface area (TPSA) is 46.0 Å². The third kappa shape index (κ3) is 3.32. The van der Waals surface area contributed by atoms with E-state index >= 15 is 0 Å². The molecule has 1 aromatic rings. The quantitative estimate of drug-likeness (QED) is 0.589. The SMILES string of the molecule is Cc1ncc(SCCCO)nc1C. The predicted molar refractivity (Wildman–Crippen MR) is 53.9 cm³/mol. The molecule has 0 saturated carbocycles. The molecular formula is C9H14N2OS. The van der Waals surface area contributed by atoms with Gasteiger partial charge in [0, 0.05) is 12.4 Å². The average molecular weight is 198 g/mol. The average Bonchev–Trinajstić information content (AvgIpc) is 2.12. The molecule has 1 heterocycles. The van der Waals surface area contributed by atoms with Crippen LogP contribution in [0.4, 0.5) is 0 Å². The van der Waals surface area contributed by atoms with Crippen LogP contribution in [0.25, 0.3) is 0 Å². The molecule has 0 aliphatic rings. The fourth-order valence-electron chi connectivity index (χ4n) is 0.831. The molecule has 0 unspecified atom stereocenters. The summed E-state index contributed by atoms with van der Waals surface area (Å²) in [6.07, 6.45) is 2.59. The number of thioether (sulfide) groups is 1. The molecule has 0 saturated heterocycles. The lowest BCUT2D eigenvalue weighted by molar-refractivity contribution is 0.296. The van der Waals surface area contributed by atoms with E-state index in [2.05, 4.69) is 9.97 Å². The Labute approximate surface area is 82.6 Å². The minimum absolute atomic E-state index is 0.241. The second kappa shape index (κ2) is 5.19. The predicted octanol–water partition coefficient (Wildman–Crippen LogP) is 1.57. The molecule has 0 amide bonds. The van der Waals surface area contributed by atoms with Crippen molar-refractivity contribution < 1.29 is 5.11 Å². The monoisotopic (exact) mass is 198 g/mol. The van der Waals surface area contributed by atoms with Crippen molar-refractivity contribution in [3.63, 3.8) is 0 Å². The first-order valence-corrected chi connectivity index (χ1v) is 5.26. The molecule has 4 heteroatoms. The summed E-state index contributed by atoms with van der Waals surface area (Å²) in [5, 5.41) is 9.53. The molecule has 1 aromatic heterocycles. The molecule has 0 spiro atoms. The first kappa shape index (κ1) is 10.5. The molecule has 3 nitrogen and oxygen atoms in total. The van der Waals surface area contributed by atoms with E-state index < -0.39 is 0 Å². The van der Waals surface area contributed by atoms with Crippen molar-refractivity contribution in [1.82, 2.24) is 9.97 Å². The van der Waals surface area contributed by atoms with Crippen LogP contribution in [0.5, 0.6) is 0 Å². The zero-order chi connectivity index (χ0) is 9.68. The summed E-state index contributed by atoms with van der Waals surface area (Å²) in [6, 6.07) is 0. The van der Waals surface area contributed by atoms with Gasteiger partial charge in [0.1, 0.15) is 5.03 Å². The number of aliphatic hydroxyl groups is 1. The maximum atomic E-state index is 8.59. The molecule has 0 aromatic carbocycles. The van der Waals surface area contributed by atoms with E-state index in [9.17, 15) is 0 Å². The Morgan fingerprint density at radius 3 is 2.77 bits per heavy atom. The number of aryl methyl sites for hydroxylation is 2. The van der Waals surface area contributed by atoms with Crippen LogP contribution in [0.1, 0.15) is 17.8 Å². The summed E-state index contributed by atoms with van der Waals surface area (Å²) >= 11 is 1.63. The zero-order valence-corrected chi connectivity index (χ0v) is 8.77. The second-order valence-corrected chi connectivity index (χ2v) is 3.92. The molecular weight excluding hydrogens is 184 g/mol. The third-order valence-electron chi connectivity index (χ3n) is 1.72. The Bertz CT molecular complexity index is 278. The molecule has 72 valence electrons. The van der Waals surface area contributed by atoms with Crippen molar-refractivity contribution in [2.45, 2.75) is 25.3 Å². The highest BCUT2D eigenvalue weighted by atomic mass is 32.2. The number of aromatic nitrogens is 2. The number of rotatable bonds is 4. The van der Waals surface area contributed by atoms with Crippen molar-refractivity contribution in [3.8, 4) is 0 Å². The fourth-order valence-corrected chi connectivity index (χ4v) is 1.64. The summed E-state index contributed by atoms with van der Waals surface area (Å²) in [6.45, 7) is 4.15. The van der Waals surface area contributed by atoms with Crippen molar-refractivity contribution in [2.24, 2.45) is 0 Å². The number of nitrogens with zero attached hydrogens (tertiary/aromatic N) is 2. The van der Waals surface area contributed by atoms with Gasteiger partial charge in [0.25, 0.3) is 0 Å². The van der Waals surface area contributed by atoms with Gasteiger partial charge in [-0.15, -0.1) is 11.8 Å². The van der Waals surface area contributed by atoms with Gasteiger partial charge >= 0.3 is 0 Å². The minimum Gasteiger partial charge on any atom is -0.396 e. The van der Waals surface area contributed by atoms with Crippen LogP contribution in [0, 0.1) is 13.8 Å². The van der Waals surface area contributed by atoms with Crippen LogP contribution in [0.3, 0.4) is 0 Å². The Morgan fingerprint density at radius 2 is 2.15 bits per heavy atom. The highest BCUT2D eigenvalue weighted by molar-refractivity contribution is 7.99. The van der Waals surface area contributed by atoms with Crippen LogP contribution in [0.15, 0.2) is 11.2 Å². The first-order valence-electron chi connectivity index (χ1n) is 4.28. The molecule has 0 aliphatic heterocycles. The van der Waals surface area contributed by atoms with E-state index in [0.29, 0.717) is 0 Å². The standard InChI is InChI=1S/C9H14N2OS/c1-7-8(2)11-9(6-10-7)13-5-3-4-12/h6,12H,3-5H2,1-2H3. The minimum atomic E-state index is 0.241. The van der Waals surface area contributed by atoms with E-state index in [1.165, 1.54) is 0 Å². The van der Waals surface area contributed by atoms with Crippen LogP contribution in [-0.2, 0) is 0 Å². The van der Waals surface area contributed by atoms with Gasteiger partial charge in [-0.1, -0.05) is 0 Å². The smallest absolute Gasteiger partial charge is 0.115 e. The van der Waals surface area contributed by atoms with Crippen molar-refractivity contribution in [3.05, 3.63) is 17.6 Å². The fraction of sp³-hybridized carbons (Fsp3) is 0.556. The molecule has 13 heavy (non-hydrogen) atoms. The van der Waals surface area contributed by atoms with E-state index in [-0.39, 0.29) is 6.61 Å². The van der Waals surface area contributed by atoms with Gasteiger partial charge < -0.3 is 5.11 Å². The van der Waals surface area contributed by atoms with Gasteiger partial charge in [-0.05, 0) is 20.3 Å². The Hall–Kier alpha value is -0.610. The van der Waals surface area contributed by atoms with Crippen molar-refractivity contribution >= 4 is 11.8 Å². The Morgan fingerprint density at radius 1 is 1.38 bits per heavy atom. The summed E-state index contributed by atoms with van der Waals surface area (Å²) < 4.78 is 0. The highest BCUT2D eigenvalue weighted by Crippen LogP contribution is 2.15. The van der Waals surface area contributed by atoms with Crippen LogP contribution < -0.4 is 0 Å².